The third-order valence-electron chi connectivity index (χ3n) is 3.22. The van der Waals surface area contributed by atoms with E-state index in [1.807, 2.05) is 24.3 Å². The second-order valence-electron chi connectivity index (χ2n) is 4.99. The number of anilines is 1. The second-order valence-corrected chi connectivity index (χ2v) is 4.99. The van der Waals surface area contributed by atoms with Crippen LogP contribution in [0, 0.1) is 0 Å². The summed E-state index contributed by atoms with van der Waals surface area (Å²) in [7, 11) is 0. The molecular weight excluding hydrogens is 268 g/mol. The highest BCUT2D eigenvalue weighted by molar-refractivity contribution is 5.89. The molecule has 0 radical (unpaired) electrons. The minimum Gasteiger partial charge on any atom is -0.481 e. The summed E-state index contributed by atoms with van der Waals surface area (Å²) in [4.78, 5) is 22.0. The quantitative estimate of drug-likeness (QED) is 0.610. The number of carboxylic acid groups (broad SMARTS) is 1. The van der Waals surface area contributed by atoms with Gasteiger partial charge in [-0.1, -0.05) is 31.9 Å². The maximum absolute atomic E-state index is 11.6. The van der Waals surface area contributed by atoms with Gasteiger partial charge in [-0.25, -0.2) is 4.79 Å². The first-order chi connectivity index (χ1) is 10.1. The summed E-state index contributed by atoms with van der Waals surface area (Å²) in [6, 6.07) is 7.58. The van der Waals surface area contributed by atoms with E-state index in [9.17, 15) is 9.59 Å². The van der Waals surface area contributed by atoms with E-state index < -0.39 is 5.97 Å². The molecule has 21 heavy (non-hydrogen) atoms. The van der Waals surface area contributed by atoms with E-state index in [-0.39, 0.29) is 12.5 Å². The van der Waals surface area contributed by atoms with Crippen molar-refractivity contribution in [1.29, 1.82) is 0 Å². The van der Waals surface area contributed by atoms with Crippen molar-refractivity contribution >= 4 is 17.7 Å². The summed E-state index contributed by atoms with van der Waals surface area (Å²) < 4.78 is 0. The number of hydrogen-bond donors (Lipinski definition) is 3. The van der Waals surface area contributed by atoms with Crippen molar-refractivity contribution in [3.63, 3.8) is 0 Å². The number of amides is 2. The van der Waals surface area contributed by atoms with Crippen molar-refractivity contribution in [2.45, 2.75) is 45.4 Å². The van der Waals surface area contributed by atoms with Crippen molar-refractivity contribution in [3.05, 3.63) is 29.8 Å². The average Bonchev–Trinajstić information content (AvgIpc) is 2.46. The first kappa shape index (κ1) is 17.0. The molecule has 0 aliphatic heterocycles. The van der Waals surface area contributed by atoms with Crippen LogP contribution in [0.5, 0.6) is 0 Å². The summed E-state index contributed by atoms with van der Waals surface area (Å²) in [6.45, 7) is 2.69. The monoisotopic (exact) mass is 292 g/mol. The normalized spacial score (nSPS) is 10.1. The largest absolute Gasteiger partial charge is 0.481 e. The highest BCUT2D eigenvalue weighted by Crippen LogP contribution is 2.09. The highest BCUT2D eigenvalue weighted by Gasteiger charge is 2.01. The minimum atomic E-state index is -0.749. The number of carboxylic acids is 1. The number of carbonyl (C=O) groups is 2. The molecule has 0 heterocycles. The lowest BCUT2D eigenvalue weighted by molar-refractivity contribution is -0.137. The third-order valence-corrected chi connectivity index (χ3v) is 3.22. The number of carbonyl (C=O) groups excluding carboxylic acids is 1. The van der Waals surface area contributed by atoms with Crippen LogP contribution in [0.4, 0.5) is 10.5 Å². The standard InChI is InChI=1S/C16H24N2O3/c1-2-13-8-10-14(11-9-13)18-16(21)17-12-6-4-3-5-7-15(19)20/h8-11H,2-7,12H2,1H3,(H,19,20)(H2,17,18,21). The molecule has 116 valence electrons. The molecule has 2 amide bonds. The maximum Gasteiger partial charge on any atom is 0.319 e. The number of benzene rings is 1. The van der Waals surface area contributed by atoms with Gasteiger partial charge in [0.25, 0.3) is 0 Å². The van der Waals surface area contributed by atoms with Crippen LogP contribution in [0.25, 0.3) is 0 Å². The lowest BCUT2D eigenvalue weighted by Crippen LogP contribution is -2.29. The molecule has 0 aliphatic rings. The van der Waals surface area contributed by atoms with Crippen molar-refractivity contribution in [1.82, 2.24) is 5.32 Å². The summed E-state index contributed by atoms with van der Waals surface area (Å²) in [5, 5.41) is 14.1. The first-order valence-electron chi connectivity index (χ1n) is 7.47. The van der Waals surface area contributed by atoms with E-state index in [1.54, 1.807) is 0 Å². The van der Waals surface area contributed by atoms with Gasteiger partial charge in [0.1, 0.15) is 0 Å². The molecule has 0 unspecified atom stereocenters. The zero-order chi connectivity index (χ0) is 15.5. The Hall–Kier alpha value is -2.04. The van der Waals surface area contributed by atoms with E-state index in [4.69, 9.17) is 5.11 Å². The predicted octanol–water partition coefficient (Wildman–Crippen LogP) is 3.41. The van der Waals surface area contributed by atoms with Gasteiger partial charge in [0, 0.05) is 18.7 Å². The number of rotatable bonds is 9. The lowest BCUT2D eigenvalue weighted by Gasteiger charge is -2.08. The fourth-order valence-corrected chi connectivity index (χ4v) is 1.96. The fraction of sp³-hybridized carbons (Fsp3) is 0.500. The summed E-state index contributed by atoms with van der Waals surface area (Å²) in [5.41, 5.74) is 2.02. The maximum atomic E-state index is 11.6. The molecule has 0 bridgehead atoms. The summed E-state index contributed by atoms with van der Waals surface area (Å²) in [5.74, 6) is -0.749. The van der Waals surface area contributed by atoms with Crippen LogP contribution < -0.4 is 10.6 Å². The Morgan fingerprint density at radius 1 is 1.05 bits per heavy atom. The number of unbranched alkanes of at least 4 members (excludes halogenated alkanes) is 3. The zero-order valence-corrected chi connectivity index (χ0v) is 12.5. The van der Waals surface area contributed by atoms with E-state index >= 15 is 0 Å². The molecule has 0 atom stereocenters. The Labute approximate surface area is 125 Å². The van der Waals surface area contributed by atoms with Gasteiger partial charge >= 0.3 is 12.0 Å². The van der Waals surface area contributed by atoms with Gasteiger partial charge in [0.05, 0.1) is 0 Å². The van der Waals surface area contributed by atoms with E-state index in [0.717, 1.165) is 31.4 Å². The molecule has 0 aromatic heterocycles. The topological polar surface area (TPSA) is 78.4 Å². The smallest absolute Gasteiger partial charge is 0.319 e. The number of aryl methyl sites for hydroxylation is 1. The van der Waals surface area contributed by atoms with E-state index in [1.165, 1.54) is 5.56 Å². The number of hydrogen-bond acceptors (Lipinski definition) is 2. The van der Waals surface area contributed by atoms with Gasteiger partial charge in [0.15, 0.2) is 0 Å². The Morgan fingerprint density at radius 3 is 2.33 bits per heavy atom. The van der Waals surface area contributed by atoms with Crippen LogP contribution >= 0.6 is 0 Å². The van der Waals surface area contributed by atoms with Gasteiger partial charge in [0.2, 0.25) is 0 Å². The Bertz CT molecular complexity index is 443. The van der Waals surface area contributed by atoms with Gasteiger partial charge in [-0.2, -0.15) is 0 Å². The van der Waals surface area contributed by atoms with E-state index in [0.29, 0.717) is 13.0 Å². The minimum absolute atomic E-state index is 0.204. The van der Waals surface area contributed by atoms with Gasteiger partial charge in [-0.15, -0.1) is 0 Å². The third kappa shape index (κ3) is 7.97. The van der Waals surface area contributed by atoms with Crippen LogP contribution in [0.3, 0.4) is 0 Å². The average molecular weight is 292 g/mol. The van der Waals surface area contributed by atoms with Crippen molar-refractivity contribution < 1.29 is 14.7 Å². The van der Waals surface area contributed by atoms with Crippen LogP contribution in [0.1, 0.15) is 44.6 Å². The molecule has 1 rings (SSSR count). The van der Waals surface area contributed by atoms with Gasteiger partial charge < -0.3 is 15.7 Å². The number of urea groups is 1. The highest BCUT2D eigenvalue weighted by atomic mass is 16.4. The zero-order valence-electron chi connectivity index (χ0n) is 12.5. The number of nitrogens with one attached hydrogen (secondary N) is 2. The van der Waals surface area contributed by atoms with Gasteiger partial charge in [-0.3, -0.25) is 4.79 Å². The molecule has 0 saturated heterocycles. The second kappa shape index (κ2) is 9.80. The van der Waals surface area contributed by atoms with Crippen LogP contribution in [-0.2, 0) is 11.2 Å². The summed E-state index contributed by atoms with van der Waals surface area (Å²) >= 11 is 0. The first-order valence-corrected chi connectivity index (χ1v) is 7.47. The lowest BCUT2D eigenvalue weighted by atomic mass is 10.1. The molecule has 5 heteroatoms. The van der Waals surface area contributed by atoms with Crippen LogP contribution in [0.15, 0.2) is 24.3 Å². The molecule has 0 spiro atoms. The molecule has 0 aliphatic carbocycles. The van der Waals surface area contributed by atoms with Crippen LogP contribution in [0.2, 0.25) is 0 Å². The molecule has 1 aromatic carbocycles. The van der Waals surface area contributed by atoms with Crippen molar-refractivity contribution in [2.24, 2.45) is 0 Å². The van der Waals surface area contributed by atoms with E-state index in [2.05, 4.69) is 17.6 Å². The predicted molar refractivity (Wildman–Crippen MR) is 83.6 cm³/mol. The van der Waals surface area contributed by atoms with Gasteiger partial charge in [-0.05, 0) is 37.0 Å². The molecule has 1 aromatic rings. The fourth-order valence-electron chi connectivity index (χ4n) is 1.96. The molecule has 0 fully saturated rings. The molecule has 3 N–H and O–H groups in total. The number of aliphatic carboxylic acids is 1. The summed E-state index contributed by atoms with van der Waals surface area (Å²) in [6.07, 6.45) is 4.58. The van der Waals surface area contributed by atoms with Crippen molar-refractivity contribution in [3.8, 4) is 0 Å². The molecule has 0 saturated carbocycles. The Kier molecular flexibility index (Phi) is 7.94. The van der Waals surface area contributed by atoms with Crippen molar-refractivity contribution in [2.75, 3.05) is 11.9 Å². The molecular formula is C16H24N2O3. The Balaban J connectivity index is 2.09. The Morgan fingerprint density at radius 2 is 1.71 bits per heavy atom. The SMILES string of the molecule is CCc1ccc(NC(=O)NCCCCCCC(=O)O)cc1. The van der Waals surface area contributed by atoms with Crippen LogP contribution in [-0.4, -0.2) is 23.7 Å². The molecule has 5 nitrogen and oxygen atoms in total.